The topological polar surface area (TPSA) is 76.2 Å². The van der Waals surface area contributed by atoms with Crippen molar-refractivity contribution >= 4 is 16.8 Å². The van der Waals surface area contributed by atoms with E-state index in [1.165, 1.54) is 12.8 Å². The van der Waals surface area contributed by atoms with Gasteiger partial charge >= 0.3 is 0 Å². The van der Waals surface area contributed by atoms with Crippen LogP contribution in [-0.2, 0) is 6.54 Å². The number of rotatable bonds is 4. The smallest absolute Gasteiger partial charge is 0.272 e. The summed E-state index contributed by atoms with van der Waals surface area (Å²) in [4.78, 5) is 19.7. The van der Waals surface area contributed by atoms with Gasteiger partial charge in [0.25, 0.3) is 5.91 Å². The lowest BCUT2D eigenvalue weighted by atomic mass is 9.84. The number of fused-ring (bicyclic) bond motifs is 4. The second-order valence-corrected chi connectivity index (χ2v) is 7.45. The van der Waals surface area contributed by atoms with Crippen molar-refractivity contribution in [2.75, 3.05) is 19.6 Å². The number of amides is 1. The van der Waals surface area contributed by atoms with E-state index in [9.17, 15) is 4.79 Å². The molecule has 1 N–H and O–H groups in total. The van der Waals surface area contributed by atoms with Crippen molar-refractivity contribution in [1.82, 2.24) is 25.0 Å². The number of aromatic nitrogens is 3. The summed E-state index contributed by atoms with van der Waals surface area (Å²) in [5.41, 5.74) is 2.31. The first-order valence-electron chi connectivity index (χ1n) is 9.66. The molecule has 2 bridgehead atoms. The number of oxazole rings is 1. The first-order chi connectivity index (χ1) is 13.2. The van der Waals surface area contributed by atoms with Crippen LogP contribution in [-0.4, -0.2) is 51.2 Å². The zero-order valence-electron chi connectivity index (χ0n) is 15.4. The molecule has 0 saturated carbocycles. The molecule has 0 aliphatic carbocycles. The largest absolute Gasteiger partial charge is 0.445 e. The van der Waals surface area contributed by atoms with Gasteiger partial charge in [-0.25, -0.2) is 4.98 Å². The second-order valence-electron chi connectivity index (χ2n) is 7.45. The highest BCUT2D eigenvalue weighted by Gasteiger charge is 2.35. The van der Waals surface area contributed by atoms with Crippen LogP contribution >= 0.6 is 0 Å². The summed E-state index contributed by atoms with van der Waals surface area (Å²) < 4.78 is 7.27. The Morgan fingerprint density at radius 3 is 2.85 bits per heavy atom. The molecular formula is C20H23N5O2. The molecule has 3 aliphatic rings. The molecule has 0 radical (unpaired) electrons. The van der Waals surface area contributed by atoms with Gasteiger partial charge in [-0.15, -0.1) is 0 Å². The Morgan fingerprint density at radius 2 is 2.19 bits per heavy atom. The van der Waals surface area contributed by atoms with E-state index in [1.54, 1.807) is 12.5 Å². The van der Waals surface area contributed by atoms with E-state index in [1.807, 2.05) is 29.8 Å². The summed E-state index contributed by atoms with van der Waals surface area (Å²) in [6.07, 6.45) is 5.54. The third-order valence-electron chi connectivity index (χ3n) is 5.92. The van der Waals surface area contributed by atoms with Gasteiger partial charge in [0.05, 0.1) is 11.7 Å². The van der Waals surface area contributed by atoms with E-state index < -0.39 is 0 Å². The fourth-order valence-electron chi connectivity index (χ4n) is 4.45. The number of piperidine rings is 3. The maximum atomic E-state index is 13.0. The Kier molecular flexibility index (Phi) is 3.97. The normalized spacial score (nSPS) is 24.4. The quantitative estimate of drug-likeness (QED) is 0.769. The van der Waals surface area contributed by atoms with Crippen molar-refractivity contribution in [3.63, 3.8) is 0 Å². The van der Waals surface area contributed by atoms with Gasteiger partial charge in [0, 0.05) is 30.1 Å². The zero-order chi connectivity index (χ0) is 18.4. The molecule has 7 nitrogen and oxygen atoms in total. The fourth-order valence-corrected chi connectivity index (χ4v) is 4.45. The maximum Gasteiger partial charge on any atom is 0.272 e. The van der Waals surface area contributed by atoms with Gasteiger partial charge in [-0.1, -0.05) is 0 Å². The van der Waals surface area contributed by atoms with E-state index in [-0.39, 0.29) is 11.9 Å². The second kappa shape index (κ2) is 6.49. The van der Waals surface area contributed by atoms with Crippen molar-refractivity contribution in [1.29, 1.82) is 0 Å². The molecule has 3 aromatic rings. The lowest BCUT2D eigenvalue weighted by Gasteiger charge is -2.44. The molecule has 2 aromatic heterocycles. The zero-order valence-corrected chi connectivity index (χ0v) is 15.4. The highest BCUT2D eigenvalue weighted by Crippen LogP contribution is 2.29. The van der Waals surface area contributed by atoms with E-state index in [4.69, 9.17) is 4.42 Å². The van der Waals surface area contributed by atoms with Crippen molar-refractivity contribution in [3.8, 4) is 11.5 Å². The number of nitrogens with one attached hydrogen (secondary N) is 1. The van der Waals surface area contributed by atoms with Gasteiger partial charge < -0.3 is 14.6 Å². The van der Waals surface area contributed by atoms with E-state index in [0.29, 0.717) is 24.0 Å². The molecule has 27 heavy (non-hydrogen) atoms. The Labute approximate surface area is 157 Å². The minimum atomic E-state index is -0.0742. The van der Waals surface area contributed by atoms with Crippen molar-refractivity contribution in [2.24, 2.45) is 5.92 Å². The molecule has 0 spiro atoms. The fraction of sp³-hybridized carbons (Fsp3) is 0.450. The monoisotopic (exact) mass is 365 g/mol. The lowest BCUT2D eigenvalue weighted by molar-refractivity contribution is 0.0618. The maximum absolute atomic E-state index is 13.0. The Bertz CT molecular complexity index is 970. The Hall–Kier alpha value is -2.67. The van der Waals surface area contributed by atoms with Crippen LogP contribution in [0.1, 0.15) is 30.3 Å². The van der Waals surface area contributed by atoms with E-state index in [2.05, 4.69) is 20.3 Å². The average molecular weight is 365 g/mol. The first-order valence-corrected chi connectivity index (χ1v) is 9.66. The van der Waals surface area contributed by atoms with Crippen LogP contribution in [0.5, 0.6) is 0 Å². The van der Waals surface area contributed by atoms with Crippen LogP contribution in [0.25, 0.3) is 22.4 Å². The number of carbonyl (C=O) groups is 1. The molecule has 1 aromatic carbocycles. The van der Waals surface area contributed by atoms with Crippen molar-refractivity contribution in [2.45, 2.75) is 32.4 Å². The molecule has 6 rings (SSSR count). The van der Waals surface area contributed by atoms with Gasteiger partial charge in [-0.3, -0.25) is 9.48 Å². The Morgan fingerprint density at radius 1 is 1.33 bits per heavy atom. The highest BCUT2D eigenvalue weighted by atomic mass is 16.3. The number of hydrogen-bond acceptors (Lipinski definition) is 5. The summed E-state index contributed by atoms with van der Waals surface area (Å²) in [6, 6.07) is 6.09. The standard InChI is InChI=1S/C20H23N5O2/c1-2-25-17-11-14(20-21-7-10-27-20)3-4-15(17)18(23-25)19(26)22-16-12-24-8-5-13(16)6-9-24/h3-4,7,10-11,13,16H,2,5-6,8-9,12H2,1H3,(H,22,26)/t16-/m0/s1. The number of nitrogens with zero attached hydrogens (tertiary/aromatic N) is 4. The van der Waals surface area contributed by atoms with Gasteiger partial charge in [0.1, 0.15) is 6.26 Å². The summed E-state index contributed by atoms with van der Waals surface area (Å²) in [6.45, 7) is 6.00. The minimum absolute atomic E-state index is 0.0742. The number of carbonyl (C=O) groups excluding carboxylic acids is 1. The predicted octanol–water partition coefficient (Wildman–Crippen LogP) is 2.54. The molecule has 7 heteroatoms. The van der Waals surface area contributed by atoms with Gasteiger partial charge in [-0.2, -0.15) is 5.10 Å². The van der Waals surface area contributed by atoms with Crippen molar-refractivity contribution < 1.29 is 9.21 Å². The van der Waals surface area contributed by atoms with Crippen LogP contribution in [0, 0.1) is 5.92 Å². The third-order valence-corrected chi connectivity index (χ3v) is 5.92. The molecule has 1 amide bonds. The van der Waals surface area contributed by atoms with Crippen LogP contribution in [0.15, 0.2) is 35.1 Å². The molecule has 3 aliphatic heterocycles. The van der Waals surface area contributed by atoms with Crippen LogP contribution in [0.2, 0.25) is 0 Å². The molecule has 5 heterocycles. The highest BCUT2D eigenvalue weighted by molar-refractivity contribution is 6.05. The summed E-state index contributed by atoms with van der Waals surface area (Å²) in [5.74, 6) is 1.09. The number of aryl methyl sites for hydroxylation is 1. The molecule has 1 atom stereocenters. The van der Waals surface area contributed by atoms with Gasteiger partial charge in [0.15, 0.2) is 5.69 Å². The average Bonchev–Trinajstić information content (AvgIpc) is 3.36. The van der Waals surface area contributed by atoms with Gasteiger partial charge in [0.2, 0.25) is 5.89 Å². The minimum Gasteiger partial charge on any atom is -0.445 e. The molecule has 0 unspecified atom stereocenters. The molecule has 3 fully saturated rings. The predicted molar refractivity (Wildman–Crippen MR) is 101 cm³/mol. The first kappa shape index (κ1) is 16.5. The van der Waals surface area contributed by atoms with Crippen molar-refractivity contribution in [3.05, 3.63) is 36.4 Å². The summed E-state index contributed by atoms with van der Waals surface area (Å²) in [5, 5.41) is 8.72. The third kappa shape index (κ3) is 2.82. The summed E-state index contributed by atoms with van der Waals surface area (Å²) >= 11 is 0. The molecule has 140 valence electrons. The number of hydrogen-bond donors (Lipinski definition) is 1. The lowest BCUT2D eigenvalue weighted by Crippen LogP contribution is -2.57. The molecular weight excluding hydrogens is 342 g/mol. The Balaban J connectivity index is 1.47. The SMILES string of the molecule is CCn1nc(C(=O)N[C@H]2CN3CCC2CC3)c2ccc(-c3ncco3)cc21. The van der Waals surface area contributed by atoms with Crippen LogP contribution in [0.3, 0.4) is 0 Å². The van der Waals surface area contributed by atoms with E-state index >= 15 is 0 Å². The number of benzene rings is 1. The summed E-state index contributed by atoms with van der Waals surface area (Å²) in [7, 11) is 0. The van der Waals surface area contributed by atoms with Crippen LogP contribution in [0.4, 0.5) is 0 Å². The van der Waals surface area contributed by atoms with Gasteiger partial charge in [-0.05, 0) is 57.0 Å². The molecule has 3 saturated heterocycles. The van der Waals surface area contributed by atoms with Crippen LogP contribution < -0.4 is 5.32 Å². The van der Waals surface area contributed by atoms with E-state index in [0.717, 1.165) is 36.1 Å².